The van der Waals surface area contributed by atoms with Gasteiger partial charge in [-0.3, -0.25) is 20.4 Å². The number of nitrogens with one attached hydrogen (secondary N) is 2. The van der Waals surface area contributed by atoms with Crippen LogP contribution in [0.3, 0.4) is 0 Å². The highest BCUT2D eigenvalue weighted by Gasteiger charge is 2.20. The molecule has 0 aliphatic rings. The van der Waals surface area contributed by atoms with E-state index < -0.39 is 5.91 Å². The summed E-state index contributed by atoms with van der Waals surface area (Å²) in [7, 11) is 0. The van der Waals surface area contributed by atoms with Crippen LogP contribution in [0.15, 0.2) is 96.0 Å². The molecule has 0 atom stereocenters. The van der Waals surface area contributed by atoms with Gasteiger partial charge in [-0.1, -0.05) is 67.6 Å². The minimum absolute atomic E-state index is 0.358. The zero-order chi connectivity index (χ0) is 22.3. The van der Waals surface area contributed by atoms with Crippen LogP contribution in [-0.2, 0) is 0 Å². The molecular weight excluding hydrogens is 420 g/mol. The van der Waals surface area contributed by atoms with Gasteiger partial charge in [0, 0.05) is 16.7 Å². The Hall–Kier alpha value is -3.84. The van der Waals surface area contributed by atoms with E-state index in [1.807, 2.05) is 79.7 Å². The number of hydrogen-bond acceptors (Lipinski definition) is 4. The van der Waals surface area contributed by atoms with Crippen LogP contribution >= 0.6 is 11.8 Å². The number of nitrogens with zero attached hydrogens (tertiary/aromatic N) is 2. The summed E-state index contributed by atoms with van der Waals surface area (Å²) < 4.78 is 1.66. The predicted octanol–water partition coefficient (Wildman–Crippen LogP) is 4.73. The molecule has 160 valence electrons. The van der Waals surface area contributed by atoms with Crippen LogP contribution in [0.5, 0.6) is 0 Å². The number of para-hydroxylation sites is 1. The number of thioether (sulfide) groups is 1. The van der Waals surface area contributed by atoms with Crippen LogP contribution in [0.25, 0.3) is 16.9 Å². The number of carbonyl (C=O) groups excluding carboxylic acids is 2. The number of aromatic nitrogens is 2. The van der Waals surface area contributed by atoms with E-state index in [0.29, 0.717) is 16.8 Å². The first-order valence-corrected chi connectivity index (χ1v) is 11.2. The van der Waals surface area contributed by atoms with E-state index in [2.05, 4.69) is 16.0 Å². The van der Waals surface area contributed by atoms with E-state index in [1.165, 1.54) is 0 Å². The molecule has 2 N–H and O–H groups in total. The second kappa shape index (κ2) is 9.98. The summed E-state index contributed by atoms with van der Waals surface area (Å²) >= 11 is 1.57. The van der Waals surface area contributed by atoms with Crippen molar-refractivity contribution in [1.29, 1.82) is 0 Å². The molecule has 32 heavy (non-hydrogen) atoms. The third kappa shape index (κ3) is 4.73. The molecule has 4 rings (SSSR count). The van der Waals surface area contributed by atoms with Gasteiger partial charge in [-0.15, -0.1) is 11.8 Å². The van der Waals surface area contributed by atoms with Gasteiger partial charge in [0.25, 0.3) is 11.8 Å². The van der Waals surface area contributed by atoms with Crippen LogP contribution < -0.4 is 10.9 Å². The first kappa shape index (κ1) is 21.4. The molecule has 0 aliphatic heterocycles. The van der Waals surface area contributed by atoms with Crippen molar-refractivity contribution in [2.24, 2.45) is 0 Å². The molecular formula is C25H22N4O2S. The summed E-state index contributed by atoms with van der Waals surface area (Å²) in [5, 5.41) is 4.64. The standard InChI is InChI=1S/C25H22N4O2S/c1-2-32-22-16-10-9-15-20(22)24(30)26-27-25(31)21-17-29(19-13-7-4-8-14-19)28-23(21)18-11-5-3-6-12-18/h3-17H,2H2,1H3,(H,26,30)(H,27,31). The topological polar surface area (TPSA) is 76.0 Å². The minimum Gasteiger partial charge on any atom is -0.267 e. The Morgan fingerprint density at radius 2 is 1.41 bits per heavy atom. The largest absolute Gasteiger partial charge is 0.273 e. The lowest BCUT2D eigenvalue weighted by molar-refractivity contribution is 0.0845. The lowest BCUT2D eigenvalue weighted by atomic mass is 10.1. The van der Waals surface area contributed by atoms with E-state index in [9.17, 15) is 9.59 Å². The lowest BCUT2D eigenvalue weighted by Crippen LogP contribution is -2.41. The smallest absolute Gasteiger partial charge is 0.267 e. The molecule has 3 aromatic carbocycles. The van der Waals surface area contributed by atoms with Gasteiger partial charge in [0.15, 0.2) is 0 Å². The van der Waals surface area contributed by atoms with Crippen molar-refractivity contribution in [3.63, 3.8) is 0 Å². The van der Waals surface area contributed by atoms with E-state index in [-0.39, 0.29) is 5.91 Å². The molecule has 0 unspecified atom stereocenters. The maximum absolute atomic E-state index is 13.0. The Balaban J connectivity index is 1.59. The predicted molar refractivity (Wildman–Crippen MR) is 127 cm³/mol. The molecule has 0 aliphatic carbocycles. The monoisotopic (exact) mass is 442 g/mol. The van der Waals surface area contributed by atoms with Crippen LogP contribution in [0.1, 0.15) is 27.6 Å². The SMILES string of the molecule is CCSc1ccccc1C(=O)NNC(=O)c1cn(-c2ccccc2)nc1-c1ccccc1. The average Bonchev–Trinajstić information content (AvgIpc) is 3.30. The van der Waals surface area contributed by atoms with E-state index in [0.717, 1.165) is 21.9 Å². The number of hydrazine groups is 1. The van der Waals surface area contributed by atoms with Gasteiger partial charge in [0.2, 0.25) is 0 Å². The molecule has 0 spiro atoms. The third-order valence-electron chi connectivity index (χ3n) is 4.75. The third-order valence-corrected chi connectivity index (χ3v) is 5.70. The van der Waals surface area contributed by atoms with Gasteiger partial charge in [-0.05, 0) is 30.0 Å². The summed E-state index contributed by atoms with van der Waals surface area (Å²) in [5.74, 6) is 0.0297. The van der Waals surface area contributed by atoms with Gasteiger partial charge in [0.05, 0.1) is 16.8 Å². The fraction of sp³-hybridized carbons (Fsp3) is 0.0800. The Morgan fingerprint density at radius 1 is 0.812 bits per heavy atom. The Kier molecular flexibility index (Phi) is 6.67. The fourth-order valence-electron chi connectivity index (χ4n) is 3.25. The van der Waals surface area contributed by atoms with Gasteiger partial charge >= 0.3 is 0 Å². The number of rotatable bonds is 6. The first-order chi connectivity index (χ1) is 15.7. The van der Waals surface area contributed by atoms with E-state index in [1.54, 1.807) is 34.8 Å². The molecule has 0 radical (unpaired) electrons. The van der Waals surface area contributed by atoms with Crippen molar-refractivity contribution in [2.75, 3.05) is 5.75 Å². The van der Waals surface area contributed by atoms with Gasteiger partial charge in [-0.2, -0.15) is 5.10 Å². The summed E-state index contributed by atoms with van der Waals surface area (Å²) in [5.41, 5.74) is 8.12. The molecule has 4 aromatic rings. The molecule has 2 amide bonds. The maximum atomic E-state index is 13.0. The van der Waals surface area contributed by atoms with E-state index in [4.69, 9.17) is 0 Å². The molecule has 0 saturated heterocycles. The van der Waals surface area contributed by atoms with Crippen molar-refractivity contribution in [2.45, 2.75) is 11.8 Å². The molecule has 1 heterocycles. The number of benzene rings is 3. The number of hydrogen-bond donors (Lipinski definition) is 2. The van der Waals surface area contributed by atoms with Crippen molar-refractivity contribution >= 4 is 23.6 Å². The number of amides is 2. The molecule has 0 saturated carbocycles. The van der Waals surface area contributed by atoms with Crippen LogP contribution in [-0.4, -0.2) is 27.3 Å². The fourth-order valence-corrected chi connectivity index (χ4v) is 4.05. The molecule has 0 bridgehead atoms. The van der Waals surface area contributed by atoms with Crippen LogP contribution in [0.4, 0.5) is 0 Å². The second-order valence-corrected chi connectivity index (χ2v) is 8.18. The maximum Gasteiger partial charge on any atom is 0.273 e. The Morgan fingerprint density at radius 3 is 2.09 bits per heavy atom. The zero-order valence-corrected chi connectivity index (χ0v) is 18.3. The molecule has 1 aromatic heterocycles. The van der Waals surface area contributed by atoms with Crippen molar-refractivity contribution in [3.05, 3.63) is 102 Å². The van der Waals surface area contributed by atoms with Gasteiger partial charge < -0.3 is 0 Å². The van der Waals surface area contributed by atoms with Gasteiger partial charge in [0.1, 0.15) is 5.69 Å². The highest BCUT2D eigenvalue weighted by Crippen LogP contribution is 2.24. The quantitative estimate of drug-likeness (QED) is 0.334. The van der Waals surface area contributed by atoms with Crippen molar-refractivity contribution in [1.82, 2.24) is 20.6 Å². The first-order valence-electron chi connectivity index (χ1n) is 10.2. The van der Waals surface area contributed by atoms with Crippen LogP contribution in [0.2, 0.25) is 0 Å². The Labute approximate surface area is 190 Å². The summed E-state index contributed by atoms with van der Waals surface area (Å²) in [6.07, 6.45) is 1.67. The average molecular weight is 443 g/mol. The highest BCUT2D eigenvalue weighted by molar-refractivity contribution is 7.99. The second-order valence-electron chi connectivity index (χ2n) is 6.87. The normalized spacial score (nSPS) is 10.5. The molecule has 0 fully saturated rings. The minimum atomic E-state index is -0.444. The summed E-state index contributed by atoms with van der Waals surface area (Å²) in [4.78, 5) is 26.6. The molecule has 7 heteroatoms. The highest BCUT2D eigenvalue weighted by atomic mass is 32.2. The summed E-state index contributed by atoms with van der Waals surface area (Å²) in [6.45, 7) is 2.02. The van der Waals surface area contributed by atoms with E-state index >= 15 is 0 Å². The molecule has 6 nitrogen and oxygen atoms in total. The van der Waals surface area contributed by atoms with Crippen molar-refractivity contribution in [3.8, 4) is 16.9 Å². The van der Waals surface area contributed by atoms with Crippen LogP contribution in [0, 0.1) is 0 Å². The van der Waals surface area contributed by atoms with Gasteiger partial charge in [-0.25, -0.2) is 4.68 Å². The summed E-state index contributed by atoms with van der Waals surface area (Å²) in [6, 6.07) is 26.3. The lowest BCUT2D eigenvalue weighted by Gasteiger charge is -2.10. The number of carbonyl (C=O) groups is 2. The van der Waals surface area contributed by atoms with Crippen molar-refractivity contribution < 1.29 is 9.59 Å². The Bertz CT molecular complexity index is 1220. The zero-order valence-electron chi connectivity index (χ0n) is 17.5.